The standard InChI is InChI=1S/C29H37ClN2/c1-20(7-6-16-31)27(23-10-5-11-25(30)17-23)28(22-8-4-9-22)32-26-13-12-21-14-15-29(2,3)19-24(21)18-26/h5,7,10-13,17-18,27,32H,4,6,8-9,14-16,19,31H2,1-3H3/b20-7-. The van der Waals surface area contributed by atoms with Gasteiger partial charge >= 0.3 is 0 Å². The summed E-state index contributed by atoms with van der Waals surface area (Å²) in [5.41, 5.74) is 15.9. The van der Waals surface area contributed by atoms with E-state index in [4.69, 9.17) is 17.3 Å². The molecule has 0 saturated heterocycles. The van der Waals surface area contributed by atoms with Crippen LogP contribution in [0.2, 0.25) is 5.02 Å². The van der Waals surface area contributed by atoms with Gasteiger partial charge in [-0.05, 0) is 110 Å². The van der Waals surface area contributed by atoms with Crippen LogP contribution in [0.3, 0.4) is 0 Å². The molecule has 32 heavy (non-hydrogen) atoms. The van der Waals surface area contributed by atoms with Crippen LogP contribution in [0.15, 0.2) is 65.4 Å². The normalized spacial score (nSPS) is 18.5. The fourth-order valence-electron chi connectivity index (χ4n) is 5.10. The minimum Gasteiger partial charge on any atom is -0.358 e. The third-order valence-corrected chi connectivity index (χ3v) is 7.36. The van der Waals surface area contributed by atoms with Crippen molar-refractivity contribution in [2.45, 2.75) is 71.6 Å². The van der Waals surface area contributed by atoms with Crippen LogP contribution >= 0.6 is 11.6 Å². The average Bonchev–Trinajstić information content (AvgIpc) is 2.70. The predicted octanol–water partition coefficient (Wildman–Crippen LogP) is 7.78. The van der Waals surface area contributed by atoms with E-state index in [9.17, 15) is 0 Å². The zero-order chi connectivity index (χ0) is 22.7. The summed E-state index contributed by atoms with van der Waals surface area (Å²) in [5.74, 6) is 0.169. The van der Waals surface area contributed by atoms with E-state index >= 15 is 0 Å². The van der Waals surface area contributed by atoms with Gasteiger partial charge in [0, 0.05) is 22.3 Å². The van der Waals surface area contributed by atoms with Crippen molar-refractivity contribution < 1.29 is 0 Å². The van der Waals surface area contributed by atoms with Crippen molar-refractivity contribution in [2.24, 2.45) is 11.1 Å². The SMILES string of the molecule is C/C(=C/CCN)C(C(Nc1ccc2c(c1)CC(C)(C)CC2)=C1CCC1)c1cccc(Cl)c1. The number of rotatable bonds is 7. The van der Waals surface area contributed by atoms with E-state index in [1.54, 1.807) is 0 Å². The maximum Gasteiger partial charge on any atom is 0.0447 e. The van der Waals surface area contributed by atoms with Gasteiger partial charge in [0.15, 0.2) is 0 Å². The summed E-state index contributed by atoms with van der Waals surface area (Å²) in [6, 6.07) is 15.3. The van der Waals surface area contributed by atoms with Crippen LogP contribution in [0.4, 0.5) is 5.69 Å². The summed E-state index contributed by atoms with van der Waals surface area (Å²) in [6.07, 6.45) is 10.4. The highest BCUT2D eigenvalue weighted by molar-refractivity contribution is 6.30. The van der Waals surface area contributed by atoms with Crippen LogP contribution in [0, 0.1) is 5.41 Å². The van der Waals surface area contributed by atoms with E-state index in [1.807, 2.05) is 6.07 Å². The van der Waals surface area contributed by atoms with Gasteiger partial charge < -0.3 is 11.1 Å². The molecule has 0 amide bonds. The zero-order valence-electron chi connectivity index (χ0n) is 19.8. The lowest BCUT2D eigenvalue weighted by Crippen LogP contribution is -2.22. The van der Waals surface area contributed by atoms with E-state index in [0.717, 1.165) is 17.9 Å². The van der Waals surface area contributed by atoms with E-state index in [2.05, 4.69) is 68.6 Å². The maximum absolute atomic E-state index is 6.42. The summed E-state index contributed by atoms with van der Waals surface area (Å²) in [5, 5.41) is 4.68. The summed E-state index contributed by atoms with van der Waals surface area (Å²) in [4.78, 5) is 0. The smallest absolute Gasteiger partial charge is 0.0447 e. The lowest BCUT2D eigenvalue weighted by molar-refractivity contribution is 0.315. The molecule has 0 aliphatic heterocycles. The monoisotopic (exact) mass is 448 g/mol. The molecule has 0 aromatic heterocycles. The molecule has 1 saturated carbocycles. The number of allylic oxidation sites excluding steroid dienone is 2. The lowest BCUT2D eigenvalue weighted by Gasteiger charge is -2.33. The molecule has 1 fully saturated rings. The first-order chi connectivity index (χ1) is 15.4. The highest BCUT2D eigenvalue weighted by atomic mass is 35.5. The second-order valence-electron chi connectivity index (χ2n) is 10.3. The molecule has 4 rings (SSSR count). The summed E-state index contributed by atoms with van der Waals surface area (Å²) < 4.78 is 0. The van der Waals surface area contributed by atoms with Crippen molar-refractivity contribution in [3.63, 3.8) is 0 Å². The Balaban J connectivity index is 1.72. The minimum absolute atomic E-state index is 0.169. The van der Waals surface area contributed by atoms with Gasteiger partial charge in [-0.1, -0.05) is 55.3 Å². The molecule has 2 aliphatic rings. The molecule has 3 N–H and O–H groups in total. The second-order valence-corrected chi connectivity index (χ2v) is 10.8. The average molecular weight is 449 g/mol. The van der Waals surface area contributed by atoms with Crippen LogP contribution in [0.1, 0.15) is 75.5 Å². The van der Waals surface area contributed by atoms with Crippen LogP contribution in [0.5, 0.6) is 0 Å². The second kappa shape index (κ2) is 9.85. The van der Waals surface area contributed by atoms with Crippen molar-refractivity contribution in [1.82, 2.24) is 0 Å². The highest BCUT2D eigenvalue weighted by Gasteiger charge is 2.27. The van der Waals surface area contributed by atoms with E-state index in [0.29, 0.717) is 12.0 Å². The zero-order valence-corrected chi connectivity index (χ0v) is 20.6. The number of nitrogens with two attached hydrogens (primary N) is 1. The number of hydrogen-bond donors (Lipinski definition) is 2. The number of aryl methyl sites for hydroxylation is 1. The molecule has 3 heteroatoms. The number of nitrogens with one attached hydrogen (secondary N) is 1. The fourth-order valence-corrected chi connectivity index (χ4v) is 5.30. The van der Waals surface area contributed by atoms with E-state index < -0.39 is 0 Å². The first-order valence-electron chi connectivity index (χ1n) is 12.1. The van der Waals surface area contributed by atoms with Gasteiger partial charge in [-0.2, -0.15) is 0 Å². The number of halogens is 1. The predicted molar refractivity (Wildman–Crippen MR) is 138 cm³/mol. The summed E-state index contributed by atoms with van der Waals surface area (Å²) >= 11 is 6.42. The largest absolute Gasteiger partial charge is 0.358 e. The molecule has 2 aromatic rings. The first-order valence-corrected chi connectivity index (χ1v) is 12.5. The van der Waals surface area contributed by atoms with E-state index in [-0.39, 0.29) is 5.92 Å². The van der Waals surface area contributed by atoms with Crippen LogP contribution < -0.4 is 11.1 Å². The molecule has 2 aliphatic carbocycles. The molecular weight excluding hydrogens is 412 g/mol. The van der Waals surface area contributed by atoms with Crippen LogP contribution in [-0.4, -0.2) is 6.54 Å². The number of benzene rings is 2. The lowest BCUT2D eigenvalue weighted by atomic mass is 9.74. The molecule has 2 nitrogen and oxygen atoms in total. The summed E-state index contributed by atoms with van der Waals surface area (Å²) in [6.45, 7) is 7.67. The van der Waals surface area contributed by atoms with Crippen molar-refractivity contribution in [2.75, 3.05) is 11.9 Å². The number of hydrogen-bond acceptors (Lipinski definition) is 2. The van der Waals surface area contributed by atoms with Crippen molar-refractivity contribution in [1.29, 1.82) is 0 Å². The highest BCUT2D eigenvalue weighted by Crippen LogP contribution is 2.42. The molecule has 1 unspecified atom stereocenters. The first kappa shape index (κ1) is 23.1. The Bertz CT molecular complexity index is 1030. The van der Waals surface area contributed by atoms with Crippen LogP contribution in [-0.2, 0) is 12.8 Å². The molecule has 0 radical (unpaired) electrons. The molecular formula is C29H37ClN2. The third-order valence-electron chi connectivity index (χ3n) is 7.12. The Morgan fingerprint density at radius 3 is 2.62 bits per heavy atom. The van der Waals surface area contributed by atoms with Crippen LogP contribution in [0.25, 0.3) is 0 Å². The topological polar surface area (TPSA) is 38.0 Å². The Labute approximate surface area is 198 Å². The summed E-state index contributed by atoms with van der Waals surface area (Å²) in [7, 11) is 0. The minimum atomic E-state index is 0.169. The third kappa shape index (κ3) is 5.30. The molecule has 170 valence electrons. The van der Waals surface area contributed by atoms with Crippen molar-refractivity contribution >= 4 is 17.3 Å². The Hall–Kier alpha value is -2.03. The fraction of sp³-hybridized carbons (Fsp3) is 0.448. The van der Waals surface area contributed by atoms with E-state index in [1.165, 1.54) is 71.3 Å². The quantitative estimate of drug-likeness (QED) is 0.424. The van der Waals surface area contributed by atoms with Gasteiger partial charge in [0.2, 0.25) is 0 Å². The van der Waals surface area contributed by atoms with Gasteiger partial charge in [-0.25, -0.2) is 0 Å². The Morgan fingerprint density at radius 2 is 1.94 bits per heavy atom. The van der Waals surface area contributed by atoms with Crippen molar-refractivity contribution in [3.05, 3.63) is 87.1 Å². The Morgan fingerprint density at radius 1 is 1.12 bits per heavy atom. The maximum atomic E-state index is 6.42. The van der Waals surface area contributed by atoms with Gasteiger partial charge in [0.05, 0.1) is 0 Å². The van der Waals surface area contributed by atoms with Gasteiger partial charge in [0.1, 0.15) is 0 Å². The van der Waals surface area contributed by atoms with Gasteiger partial charge in [-0.3, -0.25) is 0 Å². The van der Waals surface area contributed by atoms with Crippen molar-refractivity contribution in [3.8, 4) is 0 Å². The van der Waals surface area contributed by atoms with Gasteiger partial charge in [0.25, 0.3) is 0 Å². The number of fused-ring (bicyclic) bond motifs is 1. The molecule has 1 atom stereocenters. The number of anilines is 1. The molecule has 2 aromatic carbocycles. The van der Waals surface area contributed by atoms with Gasteiger partial charge in [-0.15, -0.1) is 0 Å². The molecule has 0 heterocycles. The Kier molecular flexibility index (Phi) is 7.12. The molecule has 0 spiro atoms. The molecule has 0 bridgehead atoms.